The van der Waals surface area contributed by atoms with E-state index in [0.29, 0.717) is 13.0 Å². The highest BCUT2D eigenvalue weighted by Gasteiger charge is 2.08. The molecule has 0 aliphatic heterocycles. The van der Waals surface area contributed by atoms with Crippen molar-refractivity contribution in [1.29, 1.82) is 0 Å². The smallest absolute Gasteiger partial charge is 0.306 e. The van der Waals surface area contributed by atoms with Crippen LogP contribution in [0, 0.1) is 0 Å². The molecule has 0 aliphatic rings. The zero-order valence-corrected chi connectivity index (χ0v) is 14.7. The second-order valence-corrected chi connectivity index (χ2v) is 5.98. The van der Waals surface area contributed by atoms with Gasteiger partial charge in [-0.15, -0.1) is 0 Å². The fourth-order valence-electron chi connectivity index (χ4n) is 2.27. The molecule has 0 radical (unpaired) electrons. The van der Waals surface area contributed by atoms with E-state index in [2.05, 4.69) is 5.32 Å². The van der Waals surface area contributed by atoms with Crippen molar-refractivity contribution < 1.29 is 14.3 Å². The maximum atomic E-state index is 11.8. The number of esters is 1. The van der Waals surface area contributed by atoms with E-state index >= 15 is 0 Å². The molecule has 0 saturated heterocycles. The first-order valence-electron chi connectivity index (χ1n) is 8.27. The van der Waals surface area contributed by atoms with Crippen LogP contribution in [0.4, 0.5) is 5.69 Å². The van der Waals surface area contributed by atoms with Crippen molar-refractivity contribution in [3.05, 3.63) is 65.7 Å². The molecule has 0 spiro atoms. The van der Waals surface area contributed by atoms with Gasteiger partial charge in [0.05, 0.1) is 0 Å². The number of ether oxygens (including phenoxy) is 1. The Morgan fingerprint density at radius 2 is 1.64 bits per heavy atom. The molecule has 5 nitrogen and oxygen atoms in total. The lowest BCUT2D eigenvalue weighted by Crippen LogP contribution is -2.28. The number of hydrogen-bond acceptors (Lipinski definition) is 4. The topological polar surface area (TPSA) is 58.6 Å². The van der Waals surface area contributed by atoms with Crippen LogP contribution in [-0.2, 0) is 27.3 Å². The molecule has 132 valence electrons. The minimum Gasteiger partial charge on any atom is -0.456 e. The van der Waals surface area contributed by atoms with E-state index in [0.717, 1.165) is 16.8 Å². The SMILES string of the molecule is CN(C)c1ccc(CNC(=O)COC(=O)CCc2ccccc2)cc1. The number of anilines is 1. The Bertz CT molecular complexity index is 682. The quantitative estimate of drug-likeness (QED) is 0.750. The van der Waals surface area contributed by atoms with Crippen molar-refractivity contribution in [2.24, 2.45) is 0 Å². The van der Waals surface area contributed by atoms with Gasteiger partial charge >= 0.3 is 5.97 Å². The Hall–Kier alpha value is -2.82. The molecule has 2 aromatic rings. The van der Waals surface area contributed by atoms with Crippen molar-refractivity contribution >= 4 is 17.6 Å². The van der Waals surface area contributed by atoms with Gasteiger partial charge in [0, 0.05) is 32.7 Å². The first-order valence-corrected chi connectivity index (χ1v) is 8.27. The van der Waals surface area contributed by atoms with E-state index in [1.807, 2.05) is 73.6 Å². The summed E-state index contributed by atoms with van der Waals surface area (Å²) in [5.74, 6) is -0.668. The fraction of sp³-hybridized carbons (Fsp3) is 0.300. The van der Waals surface area contributed by atoms with E-state index in [9.17, 15) is 9.59 Å². The Morgan fingerprint density at radius 1 is 0.960 bits per heavy atom. The van der Waals surface area contributed by atoms with Crippen LogP contribution in [0.5, 0.6) is 0 Å². The molecule has 0 unspecified atom stereocenters. The van der Waals surface area contributed by atoms with Gasteiger partial charge in [-0.05, 0) is 29.7 Å². The van der Waals surface area contributed by atoms with Crippen LogP contribution in [0.3, 0.4) is 0 Å². The lowest BCUT2D eigenvalue weighted by atomic mass is 10.1. The molecule has 0 fully saturated rings. The fourth-order valence-corrected chi connectivity index (χ4v) is 2.27. The zero-order valence-electron chi connectivity index (χ0n) is 14.7. The number of rotatable bonds is 8. The maximum Gasteiger partial charge on any atom is 0.306 e. The van der Waals surface area contributed by atoms with Crippen LogP contribution < -0.4 is 10.2 Å². The van der Waals surface area contributed by atoms with Gasteiger partial charge in [-0.1, -0.05) is 42.5 Å². The van der Waals surface area contributed by atoms with Crippen LogP contribution in [0.25, 0.3) is 0 Å². The number of amides is 1. The Balaban J connectivity index is 1.65. The molecule has 5 heteroatoms. The van der Waals surface area contributed by atoms with Crippen LogP contribution in [0.1, 0.15) is 17.5 Å². The van der Waals surface area contributed by atoms with E-state index in [1.165, 1.54) is 0 Å². The third-order valence-corrected chi connectivity index (χ3v) is 3.77. The van der Waals surface area contributed by atoms with Gasteiger partial charge in [-0.2, -0.15) is 0 Å². The summed E-state index contributed by atoms with van der Waals surface area (Å²) in [5, 5.41) is 2.75. The largest absolute Gasteiger partial charge is 0.456 e. The summed E-state index contributed by atoms with van der Waals surface area (Å²) in [7, 11) is 3.95. The van der Waals surface area contributed by atoms with Gasteiger partial charge in [-0.25, -0.2) is 0 Å². The van der Waals surface area contributed by atoms with Crippen molar-refractivity contribution in [3.63, 3.8) is 0 Å². The summed E-state index contributed by atoms with van der Waals surface area (Å²) in [6.45, 7) is 0.164. The first-order chi connectivity index (χ1) is 12.0. The highest BCUT2D eigenvalue weighted by Crippen LogP contribution is 2.11. The first kappa shape index (κ1) is 18.5. The molecular formula is C20H24N2O3. The minimum atomic E-state index is -0.366. The highest BCUT2D eigenvalue weighted by molar-refractivity contribution is 5.80. The van der Waals surface area contributed by atoms with Gasteiger partial charge in [0.2, 0.25) is 0 Å². The second kappa shape index (κ2) is 9.47. The molecule has 0 saturated carbocycles. The summed E-state index contributed by atoms with van der Waals surface area (Å²) in [6.07, 6.45) is 0.878. The minimum absolute atomic E-state index is 0.247. The Morgan fingerprint density at radius 3 is 2.28 bits per heavy atom. The van der Waals surface area contributed by atoms with Gasteiger partial charge in [0.15, 0.2) is 6.61 Å². The van der Waals surface area contributed by atoms with Gasteiger partial charge < -0.3 is 15.0 Å². The summed E-state index contributed by atoms with van der Waals surface area (Å²) in [6, 6.07) is 17.6. The molecule has 0 bridgehead atoms. The normalized spacial score (nSPS) is 10.2. The lowest BCUT2D eigenvalue weighted by Gasteiger charge is -2.13. The van der Waals surface area contributed by atoms with E-state index in [4.69, 9.17) is 4.74 Å². The maximum absolute atomic E-state index is 11.8. The lowest BCUT2D eigenvalue weighted by molar-refractivity contribution is -0.148. The number of nitrogens with one attached hydrogen (secondary N) is 1. The summed E-state index contributed by atoms with van der Waals surface area (Å²) < 4.78 is 5.01. The number of aryl methyl sites for hydroxylation is 1. The second-order valence-electron chi connectivity index (χ2n) is 5.98. The summed E-state index contributed by atoms with van der Waals surface area (Å²) in [5.41, 5.74) is 3.17. The number of nitrogens with zero attached hydrogens (tertiary/aromatic N) is 1. The van der Waals surface area contributed by atoms with E-state index < -0.39 is 0 Å². The number of carbonyl (C=O) groups is 2. The molecule has 2 aromatic carbocycles. The Kier molecular flexibility index (Phi) is 7.01. The molecule has 1 amide bonds. The van der Waals surface area contributed by atoms with Crippen molar-refractivity contribution in [2.45, 2.75) is 19.4 Å². The Labute approximate surface area is 148 Å². The molecule has 25 heavy (non-hydrogen) atoms. The molecule has 0 aromatic heterocycles. The molecule has 1 N–H and O–H groups in total. The number of carbonyl (C=O) groups excluding carboxylic acids is 2. The molecule has 0 aliphatic carbocycles. The average molecular weight is 340 g/mol. The van der Waals surface area contributed by atoms with Crippen LogP contribution in [-0.4, -0.2) is 32.6 Å². The van der Waals surface area contributed by atoms with Crippen LogP contribution >= 0.6 is 0 Å². The number of benzene rings is 2. The average Bonchev–Trinajstić information content (AvgIpc) is 2.64. The molecule has 2 rings (SSSR count). The predicted octanol–water partition coefficient (Wildman–Crippen LogP) is 2.54. The summed E-state index contributed by atoms with van der Waals surface area (Å²) >= 11 is 0. The van der Waals surface area contributed by atoms with E-state index in [1.54, 1.807) is 0 Å². The zero-order chi connectivity index (χ0) is 18.1. The van der Waals surface area contributed by atoms with E-state index in [-0.39, 0.29) is 24.9 Å². The predicted molar refractivity (Wildman–Crippen MR) is 98.3 cm³/mol. The van der Waals surface area contributed by atoms with Crippen molar-refractivity contribution in [1.82, 2.24) is 5.32 Å². The molecule has 0 atom stereocenters. The highest BCUT2D eigenvalue weighted by atomic mass is 16.5. The van der Waals surface area contributed by atoms with Gasteiger partial charge in [-0.3, -0.25) is 9.59 Å². The monoisotopic (exact) mass is 340 g/mol. The number of hydrogen-bond donors (Lipinski definition) is 1. The van der Waals surface area contributed by atoms with Crippen LogP contribution in [0.2, 0.25) is 0 Å². The van der Waals surface area contributed by atoms with Crippen LogP contribution in [0.15, 0.2) is 54.6 Å². The third kappa shape index (κ3) is 6.67. The third-order valence-electron chi connectivity index (χ3n) is 3.77. The molecular weight excluding hydrogens is 316 g/mol. The summed E-state index contributed by atoms with van der Waals surface area (Å²) in [4.78, 5) is 25.5. The van der Waals surface area contributed by atoms with Gasteiger partial charge in [0.25, 0.3) is 5.91 Å². The van der Waals surface area contributed by atoms with Crippen molar-refractivity contribution in [2.75, 3.05) is 25.6 Å². The van der Waals surface area contributed by atoms with Crippen molar-refractivity contribution in [3.8, 4) is 0 Å². The molecule has 0 heterocycles. The van der Waals surface area contributed by atoms with Gasteiger partial charge in [0.1, 0.15) is 0 Å². The standard InChI is InChI=1S/C20H24N2O3/c1-22(2)18-11-8-17(9-12-18)14-21-19(23)15-25-20(24)13-10-16-6-4-3-5-7-16/h3-9,11-12H,10,13-15H2,1-2H3,(H,21,23).